The third-order valence-corrected chi connectivity index (χ3v) is 3.93. The van der Waals surface area contributed by atoms with Crippen molar-refractivity contribution in [3.05, 3.63) is 29.8 Å². The van der Waals surface area contributed by atoms with Crippen LogP contribution in [0.3, 0.4) is 0 Å². The summed E-state index contributed by atoms with van der Waals surface area (Å²) in [5, 5.41) is 0. The van der Waals surface area contributed by atoms with Gasteiger partial charge < -0.3 is 9.80 Å². The molecule has 0 aromatic heterocycles. The first-order chi connectivity index (χ1) is 13.6. The van der Waals surface area contributed by atoms with Crippen molar-refractivity contribution in [3.63, 3.8) is 0 Å². The molecule has 1 aromatic rings. The quantitative estimate of drug-likeness (QED) is 0.505. The van der Waals surface area contributed by atoms with Gasteiger partial charge in [0.2, 0.25) is 0 Å². The van der Waals surface area contributed by atoms with E-state index < -0.39 is 0 Å². The van der Waals surface area contributed by atoms with Crippen molar-refractivity contribution in [3.8, 4) is 0 Å². The minimum atomic E-state index is 0.626. The number of rotatable bonds is 3. The lowest BCUT2D eigenvalue weighted by atomic mass is 10.0. The molecular weight excluding hydrogens is 340 g/mol. The van der Waals surface area contributed by atoms with Gasteiger partial charge in [-0.05, 0) is 30.7 Å². The fourth-order valence-electron chi connectivity index (χ4n) is 2.13. The predicted octanol–water partition coefficient (Wildman–Crippen LogP) is 8.47. The smallest absolute Gasteiger partial charge is 0.0367 e. The molecule has 0 unspecified atom stereocenters. The summed E-state index contributed by atoms with van der Waals surface area (Å²) in [4.78, 5) is 4.86. The lowest BCUT2D eigenvalue weighted by molar-refractivity contribution is 0.313. The van der Waals surface area contributed by atoms with Crippen molar-refractivity contribution in [1.29, 1.82) is 0 Å². The van der Waals surface area contributed by atoms with E-state index in [9.17, 15) is 0 Å². The Morgan fingerprint density at radius 3 is 1.32 bits per heavy atom. The van der Waals surface area contributed by atoms with E-state index in [2.05, 4.69) is 68.8 Å². The Morgan fingerprint density at radius 2 is 1.04 bits per heavy atom. The Bertz CT molecular complexity index is 347. The zero-order valence-corrected chi connectivity index (χ0v) is 22.0. The van der Waals surface area contributed by atoms with Gasteiger partial charge in [0.25, 0.3) is 0 Å². The molecule has 0 bridgehead atoms. The molecule has 0 saturated carbocycles. The molecule has 0 N–H and O–H groups in total. The van der Waals surface area contributed by atoms with Crippen LogP contribution in [0, 0.1) is 0 Å². The highest BCUT2D eigenvalue weighted by Gasteiger charge is 2.13. The van der Waals surface area contributed by atoms with E-state index in [4.69, 9.17) is 0 Å². The number of unbranched alkanes of at least 4 members (excludes halogenated alkanes) is 1. The van der Waals surface area contributed by atoms with E-state index in [1.54, 1.807) is 0 Å². The van der Waals surface area contributed by atoms with E-state index >= 15 is 0 Å². The van der Waals surface area contributed by atoms with Gasteiger partial charge >= 0.3 is 0 Å². The standard InChI is InChI=1S/C14H22N2.C4H10.4C2H6/c1-12(2)13-4-6-14(7-5-13)16-10-8-15(3)9-11-16;1-3-4-2;4*1-2/h4-7,12H,8-11H2,1-3H3;3-4H2,1-2H3;4*1-2H3. The molecule has 0 radical (unpaired) electrons. The molecule has 1 aliphatic heterocycles. The van der Waals surface area contributed by atoms with Crippen LogP contribution >= 0.6 is 0 Å². The third-order valence-electron chi connectivity index (χ3n) is 3.93. The molecule has 0 atom stereocenters. The average molecular weight is 397 g/mol. The SMILES string of the molecule is CC.CC.CC.CC.CC(C)c1ccc(N2CCN(C)CC2)cc1.CCCC. The predicted molar refractivity (Wildman–Crippen MR) is 136 cm³/mol. The zero-order valence-electron chi connectivity index (χ0n) is 22.0. The normalized spacial score (nSPS) is 12.3. The van der Waals surface area contributed by atoms with Gasteiger partial charge in [0, 0.05) is 31.9 Å². The molecule has 2 rings (SSSR count). The summed E-state index contributed by atoms with van der Waals surface area (Å²) in [5.41, 5.74) is 2.80. The van der Waals surface area contributed by atoms with E-state index in [1.165, 1.54) is 37.2 Å². The summed E-state index contributed by atoms with van der Waals surface area (Å²) >= 11 is 0. The van der Waals surface area contributed by atoms with Gasteiger partial charge in [0.05, 0.1) is 0 Å². The van der Waals surface area contributed by atoms with Crippen LogP contribution in [0.15, 0.2) is 24.3 Å². The van der Waals surface area contributed by atoms with Crippen LogP contribution in [0.1, 0.15) is 107 Å². The molecule has 2 heteroatoms. The fourth-order valence-corrected chi connectivity index (χ4v) is 2.13. The minimum absolute atomic E-state index is 0.626. The number of benzene rings is 1. The number of likely N-dealkylation sites (N-methyl/N-ethyl adjacent to an activating group) is 1. The molecule has 1 saturated heterocycles. The van der Waals surface area contributed by atoms with Gasteiger partial charge in [-0.2, -0.15) is 0 Å². The fraction of sp³-hybridized carbons (Fsp3) is 0.769. The molecule has 0 spiro atoms. The van der Waals surface area contributed by atoms with Gasteiger partial charge in [-0.25, -0.2) is 0 Å². The first kappa shape index (κ1) is 34.5. The highest BCUT2D eigenvalue weighted by Crippen LogP contribution is 2.20. The van der Waals surface area contributed by atoms with Gasteiger partial charge in [0.15, 0.2) is 0 Å². The second kappa shape index (κ2) is 28.2. The molecule has 0 aliphatic carbocycles. The Kier molecular flexibility index (Phi) is 34.7. The summed E-state index contributed by atoms with van der Waals surface area (Å²) < 4.78 is 0. The van der Waals surface area contributed by atoms with Gasteiger partial charge in [-0.1, -0.05) is 108 Å². The van der Waals surface area contributed by atoms with Crippen molar-refractivity contribution in [2.24, 2.45) is 0 Å². The van der Waals surface area contributed by atoms with Crippen LogP contribution in [0.4, 0.5) is 5.69 Å². The number of nitrogens with zero attached hydrogens (tertiary/aromatic N) is 2. The van der Waals surface area contributed by atoms with Crippen molar-refractivity contribution in [2.45, 2.75) is 102 Å². The molecule has 1 fully saturated rings. The maximum Gasteiger partial charge on any atom is 0.0367 e. The van der Waals surface area contributed by atoms with Crippen LogP contribution < -0.4 is 4.90 Å². The van der Waals surface area contributed by atoms with Crippen molar-refractivity contribution in [2.75, 3.05) is 38.1 Å². The Balaban J connectivity index is -0.000000203. The van der Waals surface area contributed by atoms with Crippen LogP contribution in [0.25, 0.3) is 0 Å². The summed E-state index contributed by atoms with van der Waals surface area (Å²) in [6, 6.07) is 9.05. The van der Waals surface area contributed by atoms with Gasteiger partial charge in [-0.3, -0.25) is 0 Å². The van der Waals surface area contributed by atoms with Crippen LogP contribution in [0.5, 0.6) is 0 Å². The second-order valence-corrected chi connectivity index (χ2v) is 6.04. The number of hydrogen-bond donors (Lipinski definition) is 0. The lowest BCUT2D eigenvalue weighted by Crippen LogP contribution is -2.44. The molecule has 1 aromatic carbocycles. The van der Waals surface area contributed by atoms with Gasteiger partial charge in [0.1, 0.15) is 0 Å². The van der Waals surface area contributed by atoms with Crippen LogP contribution in [-0.4, -0.2) is 38.1 Å². The molecule has 2 nitrogen and oxygen atoms in total. The monoisotopic (exact) mass is 396 g/mol. The average Bonchev–Trinajstić information content (AvgIpc) is 2.80. The first-order valence-electron chi connectivity index (χ1n) is 12.1. The molecular formula is C26H56N2. The summed E-state index contributed by atoms with van der Waals surface area (Å²) in [5.74, 6) is 0.626. The Morgan fingerprint density at radius 1 is 0.679 bits per heavy atom. The summed E-state index contributed by atoms with van der Waals surface area (Å²) in [6.07, 6.45) is 2.64. The second-order valence-electron chi connectivity index (χ2n) is 6.04. The number of piperazine rings is 1. The van der Waals surface area contributed by atoms with Crippen molar-refractivity contribution < 1.29 is 0 Å². The lowest BCUT2D eigenvalue weighted by Gasteiger charge is -2.34. The van der Waals surface area contributed by atoms with Gasteiger partial charge in [-0.15, -0.1) is 0 Å². The highest BCUT2D eigenvalue weighted by atomic mass is 15.2. The molecule has 1 aliphatic rings. The first-order valence-corrected chi connectivity index (χ1v) is 12.1. The Hall–Kier alpha value is -1.02. The maximum absolute atomic E-state index is 2.48. The van der Waals surface area contributed by atoms with Crippen molar-refractivity contribution >= 4 is 5.69 Å². The summed E-state index contributed by atoms with van der Waals surface area (Å²) in [7, 11) is 2.19. The molecule has 28 heavy (non-hydrogen) atoms. The zero-order chi connectivity index (χ0) is 23.0. The maximum atomic E-state index is 2.48. The van der Waals surface area contributed by atoms with Crippen molar-refractivity contribution in [1.82, 2.24) is 4.90 Å². The Labute approximate surface area is 180 Å². The van der Waals surface area contributed by atoms with E-state index in [-0.39, 0.29) is 0 Å². The topological polar surface area (TPSA) is 6.48 Å². The van der Waals surface area contributed by atoms with Crippen LogP contribution in [0.2, 0.25) is 0 Å². The van der Waals surface area contributed by atoms with Crippen LogP contribution in [-0.2, 0) is 0 Å². The van der Waals surface area contributed by atoms with E-state index in [0.29, 0.717) is 5.92 Å². The number of hydrogen-bond acceptors (Lipinski definition) is 2. The third kappa shape index (κ3) is 18.3. The minimum Gasteiger partial charge on any atom is -0.369 e. The molecule has 0 amide bonds. The van der Waals surface area contributed by atoms with E-state index in [1.807, 2.05) is 55.4 Å². The largest absolute Gasteiger partial charge is 0.369 e. The summed E-state index contributed by atoms with van der Waals surface area (Å²) in [6.45, 7) is 29.5. The highest BCUT2D eigenvalue weighted by molar-refractivity contribution is 5.48. The number of anilines is 1. The van der Waals surface area contributed by atoms with E-state index in [0.717, 1.165) is 13.1 Å². The molecule has 170 valence electrons. The molecule has 1 heterocycles.